The molecule has 0 bridgehead atoms. The fourth-order valence-corrected chi connectivity index (χ4v) is 1.32. The Bertz CT molecular complexity index is 298. The molecule has 1 N–H and O–H groups in total. The number of benzene rings is 1. The number of hydrogen-bond donors (Lipinski definition) is 1. The van der Waals surface area contributed by atoms with Crippen LogP contribution in [0.4, 0.5) is 0 Å². The van der Waals surface area contributed by atoms with Crippen LogP contribution < -0.4 is 5.32 Å². The van der Waals surface area contributed by atoms with Crippen LogP contribution in [0.3, 0.4) is 0 Å². The van der Waals surface area contributed by atoms with Crippen molar-refractivity contribution in [3.8, 4) is 0 Å². The number of ether oxygens (including phenoxy) is 1. The van der Waals surface area contributed by atoms with Crippen molar-refractivity contribution in [1.82, 2.24) is 5.32 Å². The molecular weight excluding hydrogens is 202 g/mol. The molecule has 16 heavy (non-hydrogen) atoms. The second-order valence-electron chi connectivity index (χ2n) is 3.61. The Morgan fingerprint density at radius 3 is 2.69 bits per heavy atom. The first kappa shape index (κ1) is 12.7. The van der Waals surface area contributed by atoms with E-state index in [0.29, 0.717) is 12.2 Å². The SMILES string of the molecule is CCCNCCCOC(=O)c1ccccc1. The molecule has 0 amide bonds. The summed E-state index contributed by atoms with van der Waals surface area (Å²) in [5, 5.41) is 3.26. The second-order valence-corrected chi connectivity index (χ2v) is 3.61. The molecule has 1 aromatic carbocycles. The van der Waals surface area contributed by atoms with Gasteiger partial charge in [-0.05, 0) is 38.1 Å². The summed E-state index contributed by atoms with van der Waals surface area (Å²) >= 11 is 0. The lowest BCUT2D eigenvalue weighted by atomic mass is 10.2. The van der Waals surface area contributed by atoms with Gasteiger partial charge in [-0.3, -0.25) is 0 Å². The molecule has 0 aromatic heterocycles. The normalized spacial score (nSPS) is 10.1. The molecule has 3 heteroatoms. The highest BCUT2D eigenvalue weighted by molar-refractivity contribution is 5.89. The Kier molecular flexibility index (Phi) is 6.26. The van der Waals surface area contributed by atoms with Gasteiger partial charge in [-0.1, -0.05) is 25.1 Å². The predicted molar refractivity (Wildman–Crippen MR) is 64.5 cm³/mol. The summed E-state index contributed by atoms with van der Waals surface area (Å²) in [5.74, 6) is -0.240. The third-order valence-electron chi connectivity index (χ3n) is 2.17. The van der Waals surface area contributed by atoms with Gasteiger partial charge in [0.1, 0.15) is 0 Å². The summed E-state index contributed by atoms with van der Waals surface area (Å²) < 4.78 is 5.13. The Morgan fingerprint density at radius 1 is 1.25 bits per heavy atom. The molecule has 3 nitrogen and oxygen atoms in total. The van der Waals surface area contributed by atoms with E-state index in [4.69, 9.17) is 4.74 Å². The number of carbonyl (C=O) groups is 1. The van der Waals surface area contributed by atoms with E-state index in [1.54, 1.807) is 12.1 Å². The van der Waals surface area contributed by atoms with Crippen LogP contribution in [0.15, 0.2) is 30.3 Å². The average Bonchev–Trinajstić information content (AvgIpc) is 2.34. The standard InChI is InChI=1S/C13H19NO2/c1-2-9-14-10-6-11-16-13(15)12-7-4-3-5-8-12/h3-5,7-8,14H,2,6,9-11H2,1H3. The highest BCUT2D eigenvalue weighted by Gasteiger charge is 2.04. The van der Waals surface area contributed by atoms with Gasteiger partial charge in [-0.25, -0.2) is 4.79 Å². The van der Waals surface area contributed by atoms with E-state index < -0.39 is 0 Å². The first-order valence-electron chi connectivity index (χ1n) is 5.77. The summed E-state index contributed by atoms with van der Waals surface area (Å²) in [6.45, 7) is 4.52. The molecule has 0 spiro atoms. The molecule has 1 rings (SSSR count). The monoisotopic (exact) mass is 221 g/mol. The summed E-state index contributed by atoms with van der Waals surface area (Å²) in [7, 11) is 0. The van der Waals surface area contributed by atoms with E-state index in [2.05, 4.69) is 12.2 Å². The third kappa shape index (κ3) is 4.94. The van der Waals surface area contributed by atoms with E-state index >= 15 is 0 Å². The van der Waals surface area contributed by atoms with E-state index in [-0.39, 0.29) is 5.97 Å². The van der Waals surface area contributed by atoms with Gasteiger partial charge in [0, 0.05) is 0 Å². The van der Waals surface area contributed by atoms with Gasteiger partial charge in [0.2, 0.25) is 0 Å². The average molecular weight is 221 g/mol. The summed E-state index contributed by atoms with van der Waals surface area (Å²) in [5.41, 5.74) is 0.615. The highest BCUT2D eigenvalue weighted by atomic mass is 16.5. The number of esters is 1. The largest absolute Gasteiger partial charge is 0.462 e. The maximum atomic E-state index is 11.5. The summed E-state index contributed by atoms with van der Waals surface area (Å²) in [6.07, 6.45) is 1.99. The maximum Gasteiger partial charge on any atom is 0.338 e. The lowest BCUT2D eigenvalue weighted by Crippen LogP contribution is -2.18. The van der Waals surface area contributed by atoms with Crippen molar-refractivity contribution < 1.29 is 9.53 Å². The number of hydrogen-bond acceptors (Lipinski definition) is 3. The van der Waals surface area contributed by atoms with Crippen LogP contribution in [0.5, 0.6) is 0 Å². The molecule has 1 aromatic rings. The van der Waals surface area contributed by atoms with Crippen molar-refractivity contribution in [3.63, 3.8) is 0 Å². The predicted octanol–water partition coefficient (Wildman–Crippen LogP) is 2.23. The van der Waals surface area contributed by atoms with Crippen LogP contribution in [0.1, 0.15) is 30.1 Å². The van der Waals surface area contributed by atoms with Crippen molar-refractivity contribution in [2.45, 2.75) is 19.8 Å². The van der Waals surface area contributed by atoms with Gasteiger partial charge < -0.3 is 10.1 Å². The Labute approximate surface area is 96.8 Å². The zero-order valence-electron chi connectivity index (χ0n) is 9.74. The lowest BCUT2D eigenvalue weighted by molar-refractivity contribution is 0.0501. The molecule has 0 aliphatic carbocycles. The fourth-order valence-electron chi connectivity index (χ4n) is 1.32. The van der Waals surface area contributed by atoms with Crippen molar-refractivity contribution in [2.75, 3.05) is 19.7 Å². The molecule has 0 radical (unpaired) electrons. The maximum absolute atomic E-state index is 11.5. The van der Waals surface area contributed by atoms with Crippen molar-refractivity contribution in [3.05, 3.63) is 35.9 Å². The minimum atomic E-state index is -0.240. The first-order chi connectivity index (χ1) is 7.84. The Hall–Kier alpha value is -1.35. The summed E-state index contributed by atoms with van der Waals surface area (Å²) in [6, 6.07) is 9.07. The molecule has 0 heterocycles. The van der Waals surface area contributed by atoms with Crippen LogP contribution in [-0.4, -0.2) is 25.7 Å². The molecule has 0 aliphatic rings. The summed E-state index contributed by atoms with van der Waals surface area (Å²) in [4.78, 5) is 11.5. The highest BCUT2D eigenvalue weighted by Crippen LogP contribution is 2.00. The van der Waals surface area contributed by atoms with Crippen LogP contribution in [0.2, 0.25) is 0 Å². The molecule has 88 valence electrons. The van der Waals surface area contributed by atoms with Gasteiger partial charge >= 0.3 is 5.97 Å². The van der Waals surface area contributed by atoms with Crippen LogP contribution in [0.25, 0.3) is 0 Å². The van der Waals surface area contributed by atoms with E-state index in [1.165, 1.54) is 0 Å². The van der Waals surface area contributed by atoms with E-state index in [0.717, 1.165) is 25.9 Å². The van der Waals surface area contributed by atoms with Crippen LogP contribution in [0, 0.1) is 0 Å². The third-order valence-corrected chi connectivity index (χ3v) is 2.17. The molecule has 0 unspecified atom stereocenters. The van der Waals surface area contributed by atoms with Crippen molar-refractivity contribution in [1.29, 1.82) is 0 Å². The Balaban J connectivity index is 2.12. The minimum Gasteiger partial charge on any atom is -0.462 e. The molecule has 0 atom stereocenters. The molecule has 0 fully saturated rings. The number of nitrogens with one attached hydrogen (secondary N) is 1. The van der Waals surface area contributed by atoms with Gasteiger partial charge in [0.15, 0.2) is 0 Å². The Morgan fingerprint density at radius 2 is 2.00 bits per heavy atom. The molecule has 0 saturated carbocycles. The van der Waals surface area contributed by atoms with E-state index in [9.17, 15) is 4.79 Å². The quantitative estimate of drug-likeness (QED) is 0.567. The zero-order chi connectivity index (χ0) is 11.6. The van der Waals surface area contributed by atoms with Gasteiger partial charge in [-0.15, -0.1) is 0 Å². The smallest absolute Gasteiger partial charge is 0.338 e. The topological polar surface area (TPSA) is 38.3 Å². The van der Waals surface area contributed by atoms with Crippen molar-refractivity contribution >= 4 is 5.97 Å². The first-order valence-corrected chi connectivity index (χ1v) is 5.77. The second kappa shape index (κ2) is 7.88. The van der Waals surface area contributed by atoms with Crippen LogP contribution >= 0.6 is 0 Å². The van der Waals surface area contributed by atoms with Crippen molar-refractivity contribution in [2.24, 2.45) is 0 Å². The fraction of sp³-hybridized carbons (Fsp3) is 0.462. The van der Waals surface area contributed by atoms with E-state index in [1.807, 2.05) is 18.2 Å². The zero-order valence-corrected chi connectivity index (χ0v) is 9.74. The van der Waals surface area contributed by atoms with Crippen LogP contribution in [-0.2, 0) is 4.74 Å². The van der Waals surface area contributed by atoms with Gasteiger partial charge in [-0.2, -0.15) is 0 Å². The minimum absolute atomic E-state index is 0.240. The van der Waals surface area contributed by atoms with Gasteiger partial charge in [0.05, 0.1) is 12.2 Å². The molecule has 0 aliphatic heterocycles. The molecular formula is C13H19NO2. The lowest BCUT2D eigenvalue weighted by Gasteiger charge is -2.05. The van der Waals surface area contributed by atoms with Gasteiger partial charge in [0.25, 0.3) is 0 Å². The number of carbonyl (C=O) groups excluding carboxylic acids is 1. The number of rotatable bonds is 7. The molecule has 0 saturated heterocycles.